The quantitative estimate of drug-likeness (QED) is 0.803. The molecule has 0 spiro atoms. The third-order valence-corrected chi connectivity index (χ3v) is 3.97. The summed E-state index contributed by atoms with van der Waals surface area (Å²) >= 11 is 11.3. The Balaban J connectivity index is 2.39. The molecule has 0 saturated heterocycles. The van der Waals surface area contributed by atoms with Crippen LogP contribution in [0.3, 0.4) is 0 Å². The first-order chi connectivity index (χ1) is 8.18. The summed E-state index contributed by atoms with van der Waals surface area (Å²) in [5.74, 6) is 0. The van der Waals surface area contributed by atoms with Gasteiger partial charge in [0.25, 0.3) is 5.56 Å². The smallest absolute Gasteiger partial charge is 0.262 e. The van der Waals surface area contributed by atoms with E-state index in [9.17, 15) is 4.79 Å². The van der Waals surface area contributed by atoms with Crippen molar-refractivity contribution in [2.45, 2.75) is 25.3 Å². The van der Waals surface area contributed by atoms with E-state index in [0.29, 0.717) is 20.7 Å². The highest BCUT2D eigenvalue weighted by Crippen LogP contribution is 2.31. The Morgan fingerprint density at radius 2 is 2.18 bits per heavy atom. The van der Waals surface area contributed by atoms with Crippen molar-refractivity contribution < 1.29 is 0 Å². The minimum absolute atomic E-state index is 0.0315. The molecular weight excluding hydrogens is 256 g/mol. The van der Waals surface area contributed by atoms with Crippen molar-refractivity contribution in [2.75, 3.05) is 0 Å². The molecule has 1 N–H and O–H groups in total. The van der Waals surface area contributed by atoms with Crippen LogP contribution in [0.1, 0.15) is 25.3 Å². The van der Waals surface area contributed by atoms with E-state index >= 15 is 0 Å². The number of hydrogen-bond donors (Lipinski definition) is 1. The second-order valence-corrected chi connectivity index (χ2v) is 5.15. The molecule has 0 atom stereocenters. The molecule has 0 amide bonds. The van der Waals surface area contributed by atoms with Gasteiger partial charge in [-0.1, -0.05) is 17.7 Å². The maximum Gasteiger partial charge on any atom is 0.262 e. The van der Waals surface area contributed by atoms with Gasteiger partial charge >= 0.3 is 0 Å². The van der Waals surface area contributed by atoms with E-state index in [-0.39, 0.29) is 11.6 Å². The van der Waals surface area contributed by atoms with Crippen LogP contribution in [0.15, 0.2) is 23.0 Å². The molecule has 1 heterocycles. The van der Waals surface area contributed by atoms with Gasteiger partial charge in [-0.05, 0) is 43.6 Å². The maximum atomic E-state index is 12.4. The van der Waals surface area contributed by atoms with E-state index in [4.69, 9.17) is 23.8 Å². The predicted molar refractivity (Wildman–Crippen MR) is 71.3 cm³/mol. The van der Waals surface area contributed by atoms with Crippen molar-refractivity contribution >= 4 is 34.7 Å². The number of benzene rings is 1. The third-order valence-electron chi connectivity index (χ3n) is 3.35. The van der Waals surface area contributed by atoms with Crippen LogP contribution in [0.5, 0.6) is 0 Å². The number of fused-ring (bicyclic) bond motifs is 1. The van der Waals surface area contributed by atoms with Gasteiger partial charge in [-0.2, -0.15) is 0 Å². The van der Waals surface area contributed by atoms with Crippen LogP contribution >= 0.6 is 23.8 Å². The lowest BCUT2D eigenvalue weighted by Gasteiger charge is -2.27. The molecule has 5 heteroatoms. The van der Waals surface area contributed by atoms with Gasteiger partial charge in [-0.15, -0.1) is 0 Å². The number of para-hydroxylation sites is 1. The Morgan fingerprint density at radius 3 is 2.82 bits per heavy atom. The molecule has 2 aromatic rings. The minimum Gasteiger partial charge on any atom is -0.330 e. The van der Waals surface area contributed by atoms with E-state index in [1.54, 1.807) is 22.8 Å². The molecule has 1 aromatic carbocycles. The van der Waals surface area contributed by atoms with Crippen molar-refractivity contribution in [3.8, 4) is 0 Å². The van der Waals surface area contributed by atoms with Crippen LogP contribution in [-0.2, 0) is 0 Å². The van der Waals surface area contributed by atoms with Crippen molar-refractivity contribution in [1.29, 1.82) is 0 Å². The SMILES string of the molecule is O=c1c2cccc(Cl)c2[nH]c(=S)n1C1CCC1. The highest BCUT2D eigenvalue weighted by molar-refractivity contribution is 7.71. The van der Waals surface area contributed by atoms with Gasteiger partial charge in [0.2, 0.25) is 0 Å². The van der Waals surface area contributed by atoms with Crippen LogP contribution in [-0.4, -0.2) is 9.55 Å². The van der Waals surface area contributed by atoms with Gasteiger partial charge in [-0.25, -0.2) is 0 Å². The van der Waals surface area contributed by atoms with Crippen LogP contribution in [0, 0.1) is 4.77 Å². The molecule has 1 aliphatic carbocycles. The number of rotatable bonds is 1. The molecule has 3 rings (SSSR count). The third kappa shape index (κ3) is 1.63. The van der Waals surface area contributed by atoms with E-state index in [2.05, 4.69) is 4.98 Å². The van der Waals surface area contributed by atoms with Crippen molar-refractivity contribution in [1.82, 2.24) is 9.55 Å². The summed E-state index contributed by atoms with van der Waals surface area (Å²) in [5.41, 5.74) is 0.607. The second kappa shape index (κ2) is 3.96. The molecule has 17 heavy (non-hydrogen) atoms. The largest absolute Gasteiger partial charge is 0.330 e. The molecular formula is C12H11ClN2OS. The first kappa shape index (κ1) is 11.0. The van der Waals surface area contributed by atoms with Crippen molar-refractivity contribution in [2.24, 2.45) is 0 Å². The average molecular weight is 267 g/mol. The summed E-state index contributed by atoms with van der Waals surface area (Å²) in [7, 11) is 0. The van der Waals surface area contributed by atoms with Gasteiger partial charge in [0.1, 0.15) is 0 Å². The molecule has 0 unspecified atom stereocenters. The van der Waals surface area contributed by atoms with E-state index < -0.39 is 0 Å². The normalized spacial score (nSPS) is 16.1. The Bertz CT molecular complexity index is 700. The van der Waals surface area contributed by atoms with E-state index in [1.165, 1.54) is 6.42 Å². The zero-order chi connectivity index (χ0) is 12.0. The fourth-order valence-corrected chi connectivity index (χ4v) is 2.75. The lowest BCUT2D eigenvalue weighted by Crippen LogP contribution is -2.30. The Hall–Kier alpha value is -1.13. The summed E-state index contributed by atoms with van der Waals surface area (Å²) in [6.07, 6.45) is 3.23. The van der Waals surface area contributed by atoms with Crippen LogP contribution < -0.4 is 5.56 Å². The standard InChI is InChI=1S/C12H11ClN2OS/c13-9-6-2-5-8-10(9)14-12(17)15(11(8)16)7-3-1-4-7/h2,5-7H,1,3-4H2,(H,14,17). The Kier molecular flexibility index (Phi) is 2.56. The molecule has 1 saturated carbocycles. The number of hydrogen-bond acceptors (Lipinski definition) is 2. The summed E-state index contributed by atoms with van der Waals surface area (Å²) in [6.45, 7) is 0. The fourth-order valence-electron chi connectivity index (χ4n) is 2.20. The van der Waals surface area contributed by atoms with Crippen molar-refractivity contribution in [3.63, 3.8) is 0 Å². The molecule has 1 fully saturated rings. The topological polar surface area (TPSA) is 37.8 Å². The van der Waals surface area contributed by atoms with E-state index in [1.807, 2.05) is 0 Å². The summed E-state index contributed by atoms with van der Waals surface area (Å²) in [5, 5.41) is 1.14. The first-order valence-electron chi connectivity index (χ1n) is 5.61. The zero-order valence-corrected chi connectivity index (χ0v) is 10.6. The summed E-state index contributed by atoms with van der Waals surface area (Å²) in [4.78, 5) is 15.4. The van der Waals surface area contributed by atoms with Crippen LogP contribution in [0.25, 0.3) is 10.9 Å². The highest BCUT2D eigenvalue weighted by atomic mass is 35.5. The molecule has 0 aliphatic heterocycles. The number of nitrogens with one attached hydrogen (secondary N) is 1. The van der Waals surface area contributed by atoms with Crippen molar-refractivity contribution in [3.05, 3.63) is 38.3 Å². The van der Waals surface area contributed by atoms with E-state index in [0.717, 1.165) is 12.8 Å². The lowest BCUT2D eigenvalue weighted by molar-refractivity contribution is 0.302. The molecule has 3 nitrogen and oxygen atoms in total. The highest BCUT2D eigenvalue weighted by Gasteiger charge is 2.22. The fraction of sp³-hybridized carbons (Fsp3) is 0.333. The molecule has 1 aromatic heterocycles. The minimum atomic E-state index is -0.0315. The number of aromatic amines is 1. The number of H-pyrrole nitrogens is 1. The van der Waals surface area contributed by atoms with Gasteiger partial charge in [-0.3, -0.25) is 9.36 Å². The molecule has 88 valence electrons. The first-order valence-corrected chi connectivity index (χ1v) is 6.40. The zero-order valence-electron chi connectivity index (χ0n) is 9.07. The molecule has 1 aliphatic rings. The Morgan fingerprint density at radius 1 is 1.41 bits per heavy atom. The molecule has 0 bridgehead atoms. The molecule has 0 radical (unpaired) electrons. The average Bonchev–Trinajstić information content (AvgIpc) is 2.23. The number of aromatic nitrogens is 2. The maximum absolute atomic E-state index is 12.4. The summed E-state index contributed by atoms with van der Waals surface area (Å²) in [6, 6.07) is 5.58. The number of nitrogens with zero attached hydrogens (tertiary/aromatic N) is 1. The Labute approximate surface area is 108 Å². The van der Waals surface area contributed by atoms with Gasteiger partial charge in [0.15, 0.2) is 4.77 Å². The van der Waals surface area contributed by atoms with Gasteiger partial charge < -0.3 is 4.98 Å². The predicted octanol–water partition coefficient (Wildman–Crippen LogP) is 3.44. The van der Waals surface area contributed by atoms with Crippen LogP contribution in [0.2, 0.25) is 5.02 Å². The summed E-state index contributed by atoms with van der Waals surface area (Å²) < 4.78 is 2.16. The van der Waals surface area contributed by atoms with Crippen LogP contribution in [0.4, 0.5) is 0 Å². The van der Waals surface area contributed by atoms with Gasteiger partial charge in [0, 0.05) is 6.04 Å². The number of halogens is 1. The monoisotopic (exact) mass is 266 g/mol. The second-order valence-electron chi connectivity index (χ2n) is 4.35. The lowest BCUT2D eigenvalue weighted by atomic mass is 9.93. The van der Waals surface area contributed by atoms with Gasteiger partial charge in [0.05, 0.1) is 15.9 Å².